The van der Waals surface area contributed by atoms with Crippen LogP contribution in [0.5, 0.6) is 11.5 Å². The number of carbonyl (C=O) groups excluding carboxylic acids is 2. The Morgan fingerprint density at radius 2 is 1.37 bits per heavy atom. The highest BCUT2D eigenvalue weighted by atomic mass is 16.5. The fraction of sp³-hybridized carbons (Fsp3) is 0.400. The maximum Gasteiger partial charge on any atom is 0.340 e. The maximum absolute atomic E-state index is 12.2. The first-order valence-electron chi connectivity index (χ1n) is 8.46. The van der Waals surface area contributed by atoms with Crippen molar-refractivity contribution in [3.8, 4) is 11.5 Å². The number of nitrogens with zero attached hydrogens (tertiary/aromatic N) is 1. The zero-order chi connectivity index (χ0) is 20.1. The molecule has 0 aliphatic carbocycles. The standard InChI is InChI=1S/C20H25NO6/c1-12-17(19(22)26-5)18(20(23)27-6)13(2)21(12)10-9-14-7-8-15(24-3)16(11-14)25-4/h7-8,11H,9-10H2,1-6H3. The Balaban J connectivity index is 2.38. The summed E-state index contributed by atoms with van der Waals surface area (Å²) >= 11 is 0. The molecule has 1 heterocycles. The zero-order valence-corrected chi connectivity index (χ0v) is 16.5. The molecule has 0 spiro atoms. The van der Waals surface area contributed by atoms with Crippen molar-refractivity contribution in [2.24, 2.45) is 0 Å². The smallest absolute Gasteiger partial charge is 0.340 e. The van der Waals surface area contributed by atoms with Crippen LogP contribution < -0.4 is 9.47 Å². The van der Waals surface area contributed by atoms with Gasteiger partial charge in [0.15, 0.2) is 11.5 Å². The van der Waals surface area contributed by atoms with E-state index in [1.807, 2.05) is 22.8 Å². The molecule has 0 atom stereocenters. The van der Waals surface area contributed by atoms with Gasteiger partial charge in [-0.05, 0) is 38.0 Å². The van der Waals surface area contributed by atoms with Crippen LogP contribution >= 0.6 is 0 Å². The molecule has 0 aliphatic heterocycles. The summed E-state index contributed by atoms with van der Waals surface area (Å²) < 4.78 is 22.2. The Hall–Kier alpha value is -2.96. The van der Waals surface area contributed by atoms with Gasteiger partial charge in [-0.3, -0.25) is 0 Å². The summed E-state index contributed by atoms with van der Waals surface area (Å²) in [4.78, 5) is 24.4. The Labute approximate surface area is 158 Å². The van der Waals surface area contributed by atoms with Crippen LogP contribution in [0.2, 0.25) is 0 Å². The largest absolute Gasteiger partial charge is 0.493 e. The number of aryl methyl sites for hydroxylation is 1. The molecule has 0 unspecified atom stereocenters. The fourth-order valence-electron chi connectivity index (χ4n) is 3.20. The third-order valence-electron chi connectivity index (χ3n) is 4.63. The summed E-state index contributed by atoms with van der Waals surface area (Å²) in [6.07, 6.45) is 0.679. The second-order valence-corrected chi connectivity index (χ2v) is 5.99. The number of carbonyl (C=O) groups is 2. The van der Waals surface area contributed by atoms with Gasteiger partial charge in [0.25, 0.3) is 0 Å². The highest BCUT2D eigenvalue weighted by Crippen LogP contribution is 2.29. The molecule has 2 rings (SSSR count). The van der Waals surface area contributed by atoms with E-state index in [-0.39, 0.29) is 11.1 Å². The van der Waals surface area contributed by atoms with Gasteiger partial charge in [0.05, 0.1) is 39.6 Å². The van der Waals surface area contributed by atoms with Crippen LogP contribution in [0.15, 0.2) is 18.2 Å². The lowest BCUT2D eigenvalue weighted by molar-refractivity contribution is 0.0555. The Morgan fingerprint density at radius 3 is 1.81 bits per heavy atom. The molecule has 0 aliphatic rings. The topological polar surface area (TPSA) is 76.0 Å². The van der Waals surface area contributed by atoms with Crippen molar-refractivity contribution in [2.75, 3.05) is 28.4 Å². The van der Waals surface area contributed by atoms with Gasteiger partial charge in [-0.25, -0.2) is 9.59 Å². The SMILES string of the molecule is COC(=O)c1c(C(=O)OC)c(C)n(CCc2ccc(OC)c(OC)c2)c1C. The number of aromatic nitrogens is 1. The minimum absolute atomic E-state index is 0.245. The van der Waals surface area contributed by atoms with Gasteiger partial charge in [-0.2, -0.15) is 0 Å². The number of rotatable bonds is 7. The van der Waals surface area contributed by atoms with Gasteiger partial charge < -0.3 is 23.5 Å². The molecule has 0 N–H and O–H groups in total. The van der Waals surface area contributed by atoms with Crippen molar-refractivity contribution in [2.45, 2.75) is 26.8 Å². The summed E-state index contributed by atoms with van der Waals surface area (Å²) in [6, 6.07) is 5.72. The van der Waals surface area contributed by atoms with E-state index >= 15 is 0 Å². The molecule has 0 radical (unpaired) electrons. The van der Waals surface area contributed by atoms with Gasteiger partial charge in [0.1, 0.15) is 0 Å². The van der Waals surface area contributed by atoms with E-state index in [0.29, 0.717) is 35.9 Å². The Kier molecular flexibility index (Phi) is 6.50. The molecule has 0 saturated heterocycles. The van der Waals surface area contributed by atoms with Gasteiger partial charge in [-0.1, -0.05) is 6.07 Å². The molecule has 0 bridgehead atoms. The molecule has 0 amide bonds. The van der Waals surface area contributed by atoms with Crippen LogP contribution in [0.4, 0.5) is 0 Å². The van der Waals surface area contributed by atoms with Crippen LogP contribution in [0.1, 0.15) is 37.7 Å². The van der Waals surface area contributed by atoms with Crippen LogP contribution in [-0.4, -0.2) is 44.9 Å². The fourth-order valence-corrected chi connectivity index (χ4v) is 3.20. The highest BCUT2D eigenvalue weighted by Gasteiger charge is 2.28. The molecular formula is C20H25NO6. The van der Waals surface area contributed by atoms with Gasteiger partial charge >= 0.3 is 11.9 Å². The molecule has 2 aromatic rings. The van der Waals surface area contributed by atoms with E-state index in [9.17, 15) is 9.59 Å². The number of ether oxygens (including phenoxy) is 4. The van der Waals surface area contributed by atoms with E-state index in [0.717, 1.165) is 5.56 Å². The average Bonchev–Trinajstić information content (AvgIpc) is 2.94. The third kappa shape index (κ3) is 3.92. The number of hydrogen-bond donors (Lipinski definition) is 0. The second kappa shape index (κ2) is 8.62. The molecule has 1 aromatic carbocycles. The molecule has 1 aromatic heterocycles. The zero-order valence-electron chi connectivity index (χ0n) is 16.5. The van der Waals surface area contributed by atoms with Crippen molar-refractivity contribution in [1.29, 1.82) is 0 Å². The van der Waals surface area contributed by atoms with Crippen molar-refractivity contribution >= 4 is 11.9 Å². The number of benzene rings is 1. The van der Waals surface area contributed by atoms with E-state index in [1.165, 1.54) is 14.2 Å². The number of hydrogen-bond acceptors (Lipinski definition) is 6. The summed E-state index contributed by atoms with van der Waals surface area (Å²) in [6.45, 7) is 4.16. The quantitative estimate of drug-likeness (QED) is 0.693. The monoisotopic (exact) mass is 375 g/mol. The lowest BCUT2D eigenvalue weighted by Gasteiger charge is -2.12. The first-order valence-corrected chi connectivity index (χ1v) is 8.46. The van der Waals surface area contributed by atoms with Crippen LogP contribution in [0.25, 0.3) is 0 Å². The average molecular weight is 375 g/mol. The molecule has 7 heteroatoms. The lowest BCUT2D eigenvalue weighted by Crippen LogP contribution is -2.11. The minimum atomic E-state index is -0.555. The Bertz CT molecular complexity index is 813. The van der Waals surface area contributed by atoms with Gasteiger partial charge in [0, 0.05) is 17.9 Å². The maximum atomic E-state index is 12.2. The summed E-state index contributed by atoms with van der Waals surface area (Å²) in [5.41, 5.74) is 2.86. The molecule has 27 heavy (non-hydrogen) atoms. The van der Waals surface area contributed by atoms with E-state index in [4.69, 9.17) is 18.9 Å². The van der Waals surface area contributed by atoms with E-state index in [2.05, 4.69) is 0 Å². The molecular weight excluding hydrogens is 350 g/mol. The van der Waals surface area contributed by atoms with Crippen molar-refractivity contribution < 1.29 is 28.5 Å². The van der Waals surface area contributed by atoms with Crippen molar-refractivity contribution in [1.82, 2.24) is 4.57 Å². The predicted molar refractivity (Wildman–Crippen MR) is 99.8 cm³/mol. The second-order valence-electron chi connectivity index (χ2n) is 5.99. The molecule has 7 nitrogen and oxygen atoms in total. The molecule has 0 saturated carbocycles. The molecule has 146 valence electrons. The van der Waals surface area contributed by atoms with Gasteiger partial charge in [0.2, 0.25) is 0 Å². The van der Waals surface area contributed by atoms with E-state index < -0.39 is 11.9 Å². The third-order valence-corrected chi connectivity index (χ3v) is 4.63. The normalized spacial score (nSPS) is 10.4. The van der Waals surface area contributed by atoms with Crippen LogP contribution in [0, 0.1) is 13.8 Å². The lowest BCUT2D eigenvalue weighted by atomic mass is 10.1. The Morgan fingerprint density at radius 1 is 0.852 bits per heavy atom. The minimum Gasteiger partial charge on any atom is -0.493 e. The van der Waals surface area contributed by atoms with Crippen molar-refractivity contribution in [3.05, 3.63) is 46.3 Å². The number of esters is 2. The van der Waals surface area contributed by atoms with E-state index in [1.54, 1.807) is 28.1 Å². The predicted octanol–water partition coefficient (Wildman–Crippen LogP) is 2.94. The van der Waals surface area contributed by atoms with Crippen molar-refractivity contribution in [3.63, 3.8) is 0 Å². The highest BCUT2D eigenvalue weighted by molar-refractivity contribution is 6.05. The summed E-state index contributed by atoms with van der Waals surface area (Å²) in [5.74, 6) is 0.207. The van der Waals surface area contributed by atoms with Crippen LogP contribution in [-0.2, 0) is 22.4 Å². The summed E-state index contributed by atoms with van der Waals surface area (Å²) in [5, 5.41) is 0. The first kappa shape index (κ1) is 20.4. The van der Waals surface area contributed by atoms with Gasteiger partial charge in [-0.15, -0.1) is 0 Å². The number of methoxy groups -OCH3 is 4. The first-order chi connectivity index (χ1) is 12.9. The summed E-state index contributed by atoms with van der Waals surface area (Å²) in [7, 11) is 5.76. The van der Waals surface area contributed by atoms with Crippen LogP contribution in [0.3, 0.4) is 0 Å². The molecule has 0 fully saturated rings.